The van der Waals surface area contributed by atoms with Crippen molar-refractivity contribution in [3.8, 4) is 0 Å². The van der Waals surface area contributed by atoms with E-state index in [0.29, 0.717) is 6.10 Å². The fraction of sp³-hybridized carbons (Fsp3) is 1.00. The highest BCUT2D eigenvalue weighted by molar-refractivity contribution is 4.60. The summed E-state index contributed by atoms with van der Waals surface area (Å²) in [5.41, 5.74) is 0. The van der Waals surface area contributed by atoms with E-state index in [9.17, 15) is 0 Å². The Morgan fingerprint density at radius 1 is 1.45 bits per heavy atom. The molecule has 0 radical (unpaired) electrons. The van der Waals surface area contributed by atoms with E-state index < -0.39 is 0 Å². The van der Waals surface area contributed by atoms with Crippen molar-refractivity contribution in [2.75, 3.05) is 19.8 Å². The molecule has 0 bridgehead atoms. The van der Waals surface area contributed by atoms with Gasteiger partial charge < -0.3 is 9.47 Å². The summed E-state index contributed by atoms with van der Waals surface area (Å²) in [6.45, 7) is 8.56. The second-order valence-corrected chi connectivity index (χ2v) is 2.29. The normalized spacial score (nSPS) is 23.7. The molecule has 0 amide bonds. The third kappa shape index (κ3) is 5.22. The van der Waals surface area contributed by atoms with E-state index in [1.807, 2.05) is 20.8 Å². The lowest BCUT2D eigenvalue weighted by Crippen LogP contribution is -2.25. The van der Waals surface area contributed by atoms with E-state index >= 15 is 0 Å². The molecule has 0 aromatic carbocycles. The molecule has 1 aliphatic heterocycles. The molecule has 1 atom stereocenters. The largest absolute Gasteiger partial charge is 0.379 e. The molecule has 0 aromatic rings. The van der Waals surface area contributed by atoms with Gasteiger partial charge in [-0.15, -0.1) is 0 Å². The Kier molecular flexibility index (Phi) is 7.96. The molecule has 0 spiro atoms. The van der Waals surface area contributed by atoms with Crippen molar-refractivity contribution < 1.29 is 9.47 Å². The van der Waals surface area contributed by atoms with E-state index in [1.165, 1.54) is 6.42 Å². The third-order valence-electron chi connectivity index (χ3n) is 1.52. The molecule has 0 N–H and O–H groups in total. The minimum Gasteiger partial charge on any atom is -0.379 e. The lowest BCUT2D eigenvalue weighted by Gasteiger charge is -2.21. The van der Waals surface area contributed by atoms with Crippen LogP contribution in [0.3, 0.4) is 0 Å². The first kappa shape index (κ1) is 10.9. The SMILES string of the molecule is CC.CCOC1CCCOC1. The molecular weight excluding hydrogens is 140 g/mol. The first-order valence-corrected chi connectivity index (χ1v) is 4.63. The monoisotopic (exact) mass is 160 g/mol. The minimum atomic E-state index is 0.378. The molecule has 1 aliphatic rings. The number of ether oxygens (including phenoxy) is 2. The Morgan fingerprint density at radius 2 is 2.18 bits per heavy atom. The summed E-state index contributed by atoms with van der Waals surface area (Å²) in [6, 6.07) is 0. The van der Waals surface area contributed by atoms with Crippen molar-refractivity contribution in [3.05, 3.63) is 0 Å². The zero-order chi connectivity index (χ0) is 8.53. The van der Waals surface area contributed by atoms with Crippen LogP contribution in [0.15, 0.2) is 0 Å². The van der Waals surface area contributed by atoms with E-state index in [-0.39, 0.29) is 0 Å². The summed E-state index contributed by atoms with van der Waals surface area (Å²) in [4.78, 5) is 0. The van der Waals surface area contributed by atoms with Crippen LogP contribution in [0.1, 0.15) is 33.6 Å². The quantitative estimate of drug-likeness (QED) is 0.616. The second-order valence-electron chi connectivity index (χ2n) is 2.29. The van der Waals surface area contributed by atoms with Crippen LogP contribution in [0, 0.1) is 0 Å². The van der Waals surface area contributed by atoms with Gasteiger partial charge in [0.2, 0.25) is 0 Å². The second kappa shape index (κ2) is 8.02. The fourth-order valence-electron chi connectivity index (χ4n) is 1.08. The minimum absolute atomic E-state index is 0.378. The van der Waals surface area contributed by atoms with Gasteiger partial charge in [0.15, 0.2) is 0 Å². The van der Waals surface area contributed by atoms with Crippen LogP contribution in [0.5, 0.6) is 0 Å². The summed E-state index contributed by atoms with van der Waals surface area (Å²) in [6.07, 6.45) is 2.71. The van der Waals surface area contributed by atoms with Crippen molar-refractivity contribution in [2.45, 2.75) is 39.7 Å². The Balaban J connectivity index is 0.000000461. The molecule has 1 rings (SSSR count). The zero-order valence-electron chi connectivity index (χ0n) is 7.93. The first-order chi connectivity index (χ1) is 5.43. The maximum atomic E-state index is 5.36. The van der Waals surface area contributed by atoms with Crippen LogP contribution < -0.4 is 0 Å². The molecule has 68 valence electrons. The van der Waals surface area contributed by atoms with Crippen LogP contribution in [0.25, 0.3) is 0 Å². The Morgan fingerprint density at radius 3 is 2.64 bits per heavy atom. The van der Waals surface area contributed by atoms with Crippen molar-refractivity contribution in [1.82, 2.24) is 0 Å². The molecule has 2 heteroatoms. The van der Waals surface area contributed by atoms with Crippen LogP contribution in [-0.4, -0.2) is 25.9 Å². The van der Waals surface area contributed by atoms with Crippen molar-refractivity contribution in [1.29, 1.82) is 0 Å². The lowest BCUT2D eigenvalue weighted by atomic mass is 10.2. The van der Waals surface area contributed by atoms with Gasteiger partial charge >= 0.3 is 0 Å². The maximum absolute atomic E-state index is 5.36. The third-order valence-corrected chi connectivity index (χ3v) is 1.52. The topological polar surface area (TPSA) is 18.5 Å². The van der Waals surface area contributed by atoms with Gasteiger partial charge in [-0.1, -0.05) is 13.8 Å². The molecular formula is C9H20O2. The van der Waals surface area contributed by atoms with Crippen LogP contribution in [-0.2, 0) is 9.47 Å². The summed E-state index contributed by atoms with van der Waals surface area (Å²) in [5, 5.41) is 0. The van der Waals surface area contributed by atoms with Crippen LogP contribution in [0.2, 0.25) is 0 Å². The first-order valence-electron chi connectivity index (χ1n) is 4.63. The average Bonchev–Trinajstić information content (AvgIpc) is 2.11. The van der Waals surface area contributed by atoms with Crippen molar-refractivity contribution >= 4 is 0 Å². The number of rotatable bonds is 2. The molecule has 11 heavy (non-hydrogen) atoms. The maximum Gasteiger partial charge on any atom is 0.0809 e. The molecule has 0 aromatic heterocycles. The van der Waals surface area contributed by atoms with Gasteiger partial charge in [-0.2, -0.15) is 0 Å². The van der Waals surface area contributed by atoms with Gasteiger partial charge in [-0.05, 0) is 19.8 Å². The summed E-state index contributed by atoms with van der Waals surface area (Å²) in [7, 11) is 0. The van der Waals surface area contributed by atoms with Crippen molar-refractivity contribution in [3.63, 3.8) is 0 Å². The zero-order valence-corrected chi connectivity index (χ0v) is 7.93. The molecule has 0 saturated carbocycles. The Bertz CT molecular complexity index is 65.2. The van der Waals surface area contributed by atoms with Gasteiger partial charge in [-0.3, -0.25) is 0 Å². The smallest absolute Gasteiger partial charge is 0.0809 e. The number of hydrogen-bond donors (Lipinski definition) is 0. The Hall–Kier alpha value is -0.0800. The van der Waals surface area contributed by atoms with Crippen LogP contribution >= 0.6 is 0 Å². The van der Waals surface area contributed by atoms with Gasteiger partial charge in [0.05, 0.1) is 12.7 Å². The molecule has 0 aliphatic carbocycles. The lowest BCUT2D eigenvalue weighted by molar-refractivity contribution is -0.0457. The summed E-state index contributed by atoms with van der Waals surface area (Å²) >= 11 is 0. The average molecular weight is 160 g/mol. The predicted octanol–water partition coefficient (Wildman–Crippen LogP) is 2.23. The van der Waals surface area contributed by atoms with E-state index in [2.05, 4.69) is 0 Å². The van der Waals surface area contributed by atoms with Gasteiger partial charge in [0.1, 0.15) is 0 Å². The highest BCUT2D eigenvalue weighted by atomic mass is 16.5. The van der Waals surface area contributed by atoms with Gasteiger partial charge in [-0.25, -0.2) is 0 Å². The van der Waals surface area contributed by atoms with Crippen LogP contribution in [0.4, 0.5) is 0 Å². The standard InChI is InChI=1S/C7H14O2.C2H6/c1-2-9-7-4-3-5-8-6-7;1-2/h7H,2-6H2,1H3;1-2H3. The predicted molar refractivity (Wildman–Crippen MR) is 46.8 cm³/mol. The van der Waals surface area contributed by atoms with E-state index in [4.69, 9.17) is 9.47 Å². The fourth-order valence-corrected chi connectivity index (χ4v) is 1.08. The van der Waals surface area contributed by atoms with E-state index in [1.54, 1.807) is 0 Å². The molecule has 1 fully saturated rings. The summed E-state index contributed by atoms with van der Waals surface area (Å²) < 4.78 is 10.6. The Labute approximate surface area is 69.9 Å². The van der Waals surface area contributed by atoms with Crippen molar-refractivity contribution in [2.24, 2.45) is 0 Å². The highest BCUT2D eigenvalue weighted by Crippen LogP contribution is 2.08. The molecule has 2 nitrogen and oxygen atoms in total. The molecule has 1 heterocycles. The van der Waals surface area contributed by atoms with E-state index in [0.717, 1.165) is 26.2 Å². The van der Waals surface area contributed by atoms with Gasteiger partial charge in [0, 0.05) is 13.2 Å². The number of hydrogen-bond acceptors (Lipinski definition) is 2. The van der Waals surface area contributed by atoms with Gasteiger partial charge in [0.25, 0.3) is 0 Å². The molecule has 1 saturated heterocycles. The highest BCUT2D eigenvalue weighted by Gasteiger charge is 2.12. The molecule has 1 unspecified atom stereocenters. The summed E-state index contributed by atoms with van der Waals surface area (Å²) in [5.74, 6) is 0.